The van der Waals surface area contributed by atoms with Gasteiger partial charge in [0, 0.05) is 11.2 Å². The van der Waals surface area contributed by atoms with Crippen molar-refractivity contribution >= 4 is 18.2 Å². The molecule has 3 nitrogen and oxygen atoms in total. The summed E-state index contributed by atoms with van der Waals surface area (Å²) in [5, 5.41) is 0. The van der Waals surface area contributed by atoms with Gasteiger partial charge in [-0.1, -0.05) is 0 Å². The van der Waals surface area contributed by atoms with Gasteiger partial charge in [0.15, 0.2) is 0 Å². The van der Waals surface area contributed by atoms with Gasteiger partial charge < -0.3 is 0 Å². The van der Waals surface area contributed by atoms with Crippen molar-refractivity contribution in [1.29, 1.82) is 0 Å². The van der Waals surface area contributed by atoms with E-state index in [0.29, 0.717) is 13.2 Å². The third-order valence-corrected chi connectivity index (χ3v) is 2.60. The van der Waals surface area contributed by atoms with E-state index in [0.717, 1.165) is 12.8 Å². The second-order valence-corrected chi connectivity index (χ2v) is 4.42. The second kappa shape index (κ2) is 3.02. The maximum Gasteiger partial charge on any atom is 0.424 e. The molecule has 1 saturated heterocycles. The molecule has 1 fully saturated rings. The van der Waals surface area contributed by atoms with Crippen molar-refractivity contribution in [3.05, 3.63) is 0 Å². The molecule has 0 aromatic carbocycles. The van der Waals surface area contributed by atoms with E-state index in [1.807, 2.05) is 0 Å². The fourth-order valence-electron chi connectivity index (χ4n) is 0.589. The molecule has 9 heavy (non-hydrogen) atoms. The molecule has 5 heteroatoms. The summed E-state index contributed by atoms with van der Waals surface area (Å²) in [6.45, 7) is -2.27. The fraction of sp³-hybridized carbons (Fsp3) is 1.00. The molecule has 1 rings (SSSR count). The molecule has 0 atom stereocenters. The smallest absolute Gasteiger partial charge is 0.297 e. The van der Waals surface area contributed by atoms with E-state index in [9.17, 15) is 4.57 Å². The minimum atomic E-state index is -3.16. The van der Waals surface area contributed by atoms with Gasteiger partial charge in [-0.3, -0.25) is 9.05 Å². The first kappa shape index (κ1) is 7.55. The van der Waals surface area contributed by atoms with Gasteiger partial charge in [-0.15, -0.1) is 0 Å². The van der Waals surface area contributed by atoms with Crippen LogP contribution in [0.3, 0.4) is 0 Å². The van der Waals surface area contributed by atoms with Crippen LogP contribution in [-0.2, 0) is 13.6 Å². The van der Waals surface area contributed by atoms with Crippen LogP contribution in [0.25, 0.3) is 0 Å². The summed E-state index contributed by atoms with van der Waals surface area (Å²) in [5.41, 5.74) is 0. The molecule has 0 N–H and O–H groups in total. The Bertz CT molecular complexity index is 126. The van der Waals surface area contributed by atoms with Crippen LogP contribution in [0, 0.1) is 0 Å². The molecule has 1 aliphatic rings. The van der Waals surface area contributed by atoms with Crippen LogP contribution in [0.2, 0.25) is 0 Å². The van der Waals surface area contributed by atoms with Crippen molar-refractivity contribution in [3.8, 4) is 0 Å². The van der Waals surface area contributed by atoms with E-state index in [1.165, 1.54) is 0 Å². The first-order valence-corrected chi connectivity index (χ1v) is 5.24. The first-order valence-electron chi connectivity index (χ1n) is 2.79. The van der Waals surface area contributed by atoms with Crippen LogP contribution in [0.1, 0.15) is 12.8 Å². The van der Waals surface area contributed by atoms with E-state index in [2.05, 4.69) is 9.05 Å². The third kappa shape index (κ3) is 2.67. The lowest BCUT2D eigenvalue weighted by Gasteiger charge is -2.04. The molecular formula is C4H8ClO3P. The summed E-state index contributed by atoms with van der Waals surface area (Å²) in [7, 11) is 0. The van der Waals surface area contributed by atoms with Crippen molar-refractivity contribution in [2.24, 2.45) is 0 Å². The summed E-state index contributed by atoms with van der Waals surface area (Å²) in [6.07, 6.45) is 1.74. The highest BCUT2D eigenvalue weighted by atomic mass is 35.7. The second-order valence-electron chi connectivity index (χ2n) is 1.80. The third-order valence-electron chi connectivity index (χ3n) is 1.03. The molecule has 1 aliphatic heterocycles. The lowest BCUT2D eigenvalue weighted by Crippen LogP contribution is -1.83. The van der Waals surface area contributed by atoms with Crippen molar-refractivity contribution in [1.82, 2.24) is 0 Å². The molecule has 0 aromatic rings. The highest BCUT2D eigenvalue weighted by molar-refractivity contribution is 7.81. The number of hydrogen-bond donors (Lipinski definition) is 0. The molecular weight excluding hydrogens is 162 g/mol. The van der Waals surface area contributed by atoms with E-state index in [1.54, 1.807) is 0 Å². The zero-order chi connectivity index (χ0) is 6.74. The summed E-state index contributed by atoms with van der Waals surface area (Å²) >= 11 is 5.29. The molecule has 1 heterocycles. The van der Waals surface area contributed by atoms with E-state index in [4.69, 9.17) is 11.2 Å². The van der Waals surface area contributed by atoms with Gasteiger partial charge in [0.25, 0.3) is 0 Å². The van der Waals surface area contributed by atoms with E-state index < -0.39 is 6.95 Å². The van der Waals surface area contributed by atoms with Crippen LogP contribution >= 0.6 is 18.2 Å². The Morgan fingerprint density at radius 3 is 2.11 bits per heavy atom. The molecule has 0 unspecified atom stereocenters. The summed E-state index contributed by atoms with van der Waals surface area (Å²) in [5.74, 6) is 0. The van der Waals surface area contributed by atoms with E-state index in [-0.39, 0.29) is 0 Å². The Hall–Kier alpha value is 0.440. The molecule has 0 spiro atoms. The quantitative estimate of drug-likeness (QED) is 0.523. The average Bonchev–Trinajstić information content (AvgIpc) is 1.92. The Morgan fingerprint density at radius 2 is 1.67 bits per heavy atom. The summed E-state index contributed by atoms with van der Waals surface area (Å²) < 4.78 is 20.2. The Balaban J connectivity index is 2.45. The van der Waals surface area contributed by atoms with Crippen LogP contribution in [-0.4, -0.2) is 13.2 Å². The minimum Gasteiger partial charge on any atom is -0.297 e. The number of halogens is 1. The molecule has 0 aliphatic carbocycles. The van der Waals surface area contributed by atoms with Crippen molar-refractivity contribution in [2.75, 3.05) is 13.2 Å². The van der Waals surface area contributed by atoms with Crippen molar-refractivity contribution in [3.63, 3.8) is 0 Å². The Morgan fingerprint density at radius 1 is 1.22 bits per heavy atom. The maximum absolute atomic E-state index is 10.8. The van der Waals surface area contributed by atoms with Gasteiger partial charge in [0.2, 0.25) is 0 Å². The molecule has 0 amide bonds. The Labute approximate surface area is 58.6 Å². The van der Waals surface area contributed by atoms with Gasteiger partial charge in [-0.25, -0.2) is 4.57 Å². The number of hydrogen-bond acceptors (Lipinski definition) is 3. The molecule has 0 radical (unpaired) electrons. The van der Waals surface area contributed by atoms with Gasteiger partial charge in [0.05, 0.1) is 13.2 Å². The van der Waals surface area contributed by atoms with Crippen LogP contribution in [0.15, 0.2) is 0 Å². The molecule has 54 valence electrons. The zero-order valence-corrected chi connectivity index (χ0v) is 6.53. The van der Waals surface area contributed by atoms with Crippen molar-refractivity contribution < 1.29 is 13.6 Å². The first-order chi connectivity index (χ1) is 4.21. The highest BCUT2D eigenvalue weighted by Gasteiger charge is 2.22. The van der Waals surface area contributed by atoms with Crippen LogP contribution in [0.4, 0.5) is 0 Å². The van der Waals surface area contributed by atoms with Gasteiger partial charge in [-0.2, -0.15) is 0 Å². The highest BCUT2D eigenvalue weighted by Crippen LogP contribution is 2.54. The normalized spacial score (nSPS) is 27.2. The van der Waals surface area contributed by atoms with Crippen LogP contribution < -0.4 is 0 Å². The number of rotatable bonds is 0. The van der Waals surface area contributed by atoms with E-state index >= 15 is 0 Å². The largest absolute Gasteiger partial charge is 0.424 e. The van der Waals surface area contributed by atoms with Crippen molar-refractivity contribution in [2.45, 2.75) is 12.8 Å². The molecule has 0 bridgehead atoms. The lowest BCUT2D eigenvalue weighted by atomic mass is 10.3. The maximum atomic E-state index is 10.8. The van der Waals surface area contributed by atoms with Gasteiger partial charge in [-0.05, 0) is 12.8 Å². The lowest BCUT2D eigenvalue weighted by molar-refractivity contribution is 0.255. The zero-order valence-electron chi connectivity index (χ0n) is 4.88. The SMILES string of the molecule is O=P1(Cl)OCCCCO1. The summed E-state index contributed by atoms with van der Waals surface area (Å²) in [6, 6.07) is 0. The minimum absolute atomic E-state index is 0.445. The van der Waals surface area contributed by atoms with Gasteiger partial charge in [0.1, 0.15) is 0 Å². The predicted molar refractivity (Wildman–Crippen MR) is 34.6 cm³/mol. The van der Waals surface area contributed by atoms with Crippen LogP contribution in [0.5, 0.6) is 0 Å². The standard InChI is InChI=1S/C4H8ClO3P/c5-9(6)7-3-1-2-4-8-9/h1-4H2. The Kier molecular flexibility index (Phi) is 2.53. The fourth-order valence-corrected chi connectivity index (χ4v) is 1.77. The monoisotopic (exact) mass is 170 g/mol. The molecule has 0 saturated carbocycles. The summed E-state index contributed by atoms with van der Waals surface area (Å²) in [4.78, 5) is 0. The topological polar surface area (TPSA) is 35.5 Å². The molecule has 0 aromatic heterocycles. The van der Waals surface area contributed by atoms with Gasteiger partial charge >= 0.3 is 6.95 Å². The average molecular weight is 171 g/mol. The predicted octanol–water partition coefficient (Wildman–Crippen LogP) is 2.16.